The molecule has 34 heavy (non-hydrogen) atoms. The van der Waals surface area contributed by atoms with Crippen molar-refractivity contribution in [2.24, 2.45) is 28.6 Å². The van der Waals surface area contributed by atoms with Gasteiger partial charge in [0, 0.05) is 35.1 Å². The van der Waals surface area contributed by atoms with Crippen molar-refractivity contribution in [2.75, 3.05) is 14.2 Å². The molecule has 7 atom stereocenters. The van der Waals surface area contributed by atoms with E-state index in [1.165, 1.54) is 7.11 Å². The maximum absolute atomic E-state index is 13.4. The highest BCUT2D eigenvalue weighted by atomic mass is 79.9. The average Bonchev–Trinajstić information content (AvgIpc) is 3.12. The fraction of sp³-hybridized carbons (Fsp3) is 0.654. The molecule has 6 nitrogen and oxygen atoms in total. The van der Waals surface area contributed by atoms with Gasteiger partial charge in [-0.3, -0.25) is 4.79 Å². The van der Waals surface area contributed by atoms with Gasteiger partial charge in [-0.1, -0.05) is 35.9 Å². The highest BCUT2D eigenvalue weighted by Crippen LogP contribution is 2.64. The number of methoxy groups -OCH3 is 1. The van der Waals surface area contributed by atoms with Crippen LogP contribution in [0.3, 0.4) is 0 Å². The molecule has 2 unspecified atom stereocenters. The topological polar surface area (TPSA) is 75.7 Å². The Labute approximate surface area is 211 Å². The molecule has 5 rings (SSSR count). The van der Waals surface area contributed by atoms with Crippen LogP contribution in [0.4, 0.5) is 0 Å². The van der Waals surface area contributed by atoms with E-state index in [1.54, 1.807) is 24.3 Å². The van der Waals surface area contributed by atoms with Crippen LogP contribution < -0.4 is 9.46 Å². The van der Waals surface area contributed by atoms with E-state index in [0.29, 0.717) is 28.0 Å². The van der Waals surface area contributed by atoms with Crippen molar-refractivity contribution in [3.8, 4) is 5.75 Å². The van der Waals surface area contributed by atoms with Crippen molar-refractivity contribution in [1.82, 2.24) is 9.62 Å². The molecule has 8 heteroatoms. The lowest BCUT2D eigenvalue weighted by Crippen LogP contribution is -2.60. The molecule has 4 aliphatic rings. The van der Waals surface area contributed by atoms with Crippen LogP contribution in [0.2, 0.25) is 0 Å². The van der Waals surface area contributed by atoms with Crippen LogP contribution in [0.5, 0.6) is 5.75 Å². The summed E-state index contributed by atoms with van der Waals surface area (Å²) in [6, 6.07) is 5.15. The van der Waals surface area contributed by atoms with Gasteiger partial charge in [0.15, 0.2) is 0 Å². The number of hydrogen-bond donors (Lipinski definition) is 1. The van der Waals surface area contributed by atoms with E-state index in [4.69, 9.17) is 4.74 Å². The Bertz CT molecular complexity index is 1140. The van der Waals surface area contributed by atoms with Gasteiger partial charge in [0.1, 0.15) is 5.75 Å². The van der Waals surface area contributed by atoms with E-state index in [1.807, 2.05) is 11.9 Å². The standard InChI is InChI=1S/C26H35BrN2O4S/c1-25-11-9-21-19(5-8-23-26(21,2)12-10-24(30)29(23)3)20(25)6-7-22(25)28-34(31,32)18-14-16(27)13-17(15-18)33-4/h10,12-15,19-23,28H,5-9,11H2,1-4H3/t19-,20-,21+,22?,23?,25-,26+/m0/s1. The Kier molecular flexibility index (Phi) is 5.97. The fourth-order valence-electron chi connectivity index (χ4n) is 8.00. The van der Waals surface area contributed by atoms with Gasteiger partial charge in [0.2, 0.25) is 15.9 Å². The molecule has 0 bridgehead atoms. The number of halogens is 1. The number of nitrogens with zero attached hydrogens (tertiary/aromatic N) is 1. The van der Waals surface area contributed by atoms with Crippen LogP contribution in [-0.4, -0.2) is 45.5 Å². The monoisotopic (exact) mass is 550 g/mol. The van der Waals surface area contributed by atoms with Gasteiger partial charge in [-0.25, -0.2) is 13.1 Å². The zero-order valence-electron chi connectivity index (χ0n) is 20.4. The van der Waals surface area contributed by atoms with Crippen molar-refractivity contribution >= 4 is 31.9 Å². The number of sulfonamides is 1. The number of benzene rings is 1. The minimum absolute atomic E-state index is 0.00261. The summed E-state index contributed by atoms with van der Waals surface area (Å²) in [6.07, 6.45) is 10.1. The second kappa shape index (κ2) is 8.34. The molecular weight excluding hydrogens is 516 g/mol. The van der Waals surface area contributed by atoms with E-state index in [0.717, 1.165) is 38.5 Å². The molecule has 0 saturated heterocycles. The van der Waals surface area contributed by atoms with Crippen LogP contribution in [0, 0.1) is 28.6 Å². The molecule has 1 heterocycles. The van der Waals surface area contributed by atoms with Gasteiger partial charge in [0.05, 0.1) is 12.0 Å². The molecule has 1 N–H and O–H groups in total. The number of amides is 1. The minimum atomic E-state index is -3.68. The molecule has 0 spiro atoms. The van der Waals surface area contributed by atoms with Crippen molar-refractivity contribution in [2.45, 2.75) is 69.4 Å². The van der Waals surface area contributed by atoms with E-state index in [2.05, 4.69) is 40.6 Å². The van der Waals surface area contributed by atoms with Crippen LogP contribution in [-0.2, 0) is 14.8 Å². The summed E-state index contributed by atoms with van der Waals surface area (Å²) in [5, 5.41) is 0. The summed E-state index contributed by atoms with van der Waals surface area (Å²) in [5.74, 6) is 2.21. The number of fused-ring (bicyclic) bond motifs is 5. The zero-order chi connectivity index (χ0) is 24.5. The number of nitrogens with one attached hydrogen (secondary N) is 1. The molecule has 0 aromatic heterocycles. The first-order valence-corrected chi connectivity index (χ1v) is 14.6. The third-order valence-corrected chi connectivity index (χ3v) is 11.7. The second-order valence-corrected chi connectivity index (χ2v) is 13.9. The highest BCUT2D eigenvalue weighted by Gasteiger charge is 2.60. The molecule has 1 aliphatic heterocycles. The summed E-state index contributed by atoms with van der Waals surface area (Å²) in [6.45, 7) is 4.64. The van der Waals surface area contributed by atoms with Crippen LogP contribution in [0.1, 0.15) is 52.4 Å². The maximum Gasteiger partial charge on any atom is 0.246 e. The number of hydrogen-bond acceptors (Lipinski definition) is 4. The van der Waals surface area contributed by atoms with Crippen molar-refractivity contribution < 1.29 is 17.9 Å². The lowest BCUT2D eigenvalue weighted by molar-refractivity contribution is -0.138. The molecule has 186 valence electrons. The number of rotatable bonds is 4. The smallest absolute Gasteiger partial charge is 0.246 e. The van der Waals surface area contributed by atoms with E-state index in [9.17, 15) is 13.2 Å². The van der Waals surface area contributed by atoms with Gasteiger partial charge >= 0.3 is 0 Å². The van der Waals surface area contributed by atoms with Gasteiger partial charge in [0.25, 0.3) is 0 Å². The molecule has 1 aromatic carbocycles. The Morgan fingerprint density at radius 2 is 1.85 bits per heavy atom. The van der Waals surface area contributed by atoms with Crippen LogP contribution in [0.15, 0.2) is 39.7 Å². The molecule has 3 aliphatic carbocycles. The number of carbonyl (C=O) groups excluding carboxylic acids is 1. The third-order valence-electron chi connectivity index (χ3n) is 9.82. The highest BCUT2D eigenvalue weighted by molar-refractivity contribution is 9.10. The van der Waals surface area contributed by atoms with Gasteiger partial charge < -0.3 is 9.64 Å². The minimum Gasteiger partial charge on any atom is -0.497 e. The lowest BCUT2D eigenvalue weighted by Gasteiger charge is -2.60. The Balaban J connectivity index is 1.39. The van der Waals surface area contributed by atoms with Crippen molar-refractivity contribution in [3.05, 3.63) is 34.8 Å². The number of carbonyl (C=O) groups is 1. The third kappa shape index (κ3) is 3.66. The maximum atomic E-state index is 13.4. The predicted octanol–water partition coefficient (Wildman–Crippen LogP) is 4.74. The first kappa shape index (κ1) is 24.3. The molecule has 3 fully saturated rings. The van der Waals surface area contributed by atoms with E-state index < -0.39 is 10.0 Å². The van der Waals surface area contributed by atoms with Crippen LogP contribution >= 0.6 is 15.9 Å². The quantitative estimate of drug-likeness (QED) is 0.587. The summed E-state index contributed by atoms with van der Waals surface area (Å²) < 4.78 is 35.8. The summed E-state index contributed by atoms with van der Waals surface area (Å²) in [5.41, 5.74) is -0.0645. The Morgan fingerprint density at radius 1 is 1.09 bits per heavy atom. The summed E-state index contributed by atoms with van der Waals surface area (Å²) in [4.78, 5) is 14.5. The number of likely N-dealkylation sites (N-methyl/N-ethyl adjacent to an activating group) is 1. The largest absolute Gasteiger partial charge is 0.497 e. The van der Waals surface area contributed by atoms with Gasteiger partial charge in [-0.2, -0.15) is 0 Å². The van der Waals surface area contributed by atoms with Gasteiger partial charge in [-0.05, 0) is 79.9 Å². The SMILES string of the molecule is COc1cc(Br)cc(S(=O)(=O)NC2CC[C@H]3[C@@H]4CCC5N(C)C(=O)C=C[C@]5(C)[C@@H]4CC[C@]23C)c1. The lowest BCUT2D eigenvalue weighted by atomic mass is 9.48. The second-order valence-electron chi connectivity index (χ2n) is 11.2. The first-order valence-electron chi connectivity index (χ1n) is 12.3. The molecule has 1 amide bonds. The zero-order valence-corrected chi connectivity index (χ0v) is 22.8. The number of ether oxygens (including phenoxy) is 1. The van der Waals surface area contributed by atoms with Crippen molar-refractivity contribution in [3.63, 3.8) is 0 Å². The normalized spacial score (nSPS) is 39.4. The fourth-order valence-corrected chi connectivity index (χ4v) is 10.1. The predicted molar refractivity (Wildman–Crippen MR) is 135 cm³/mol. The Morgan fingerprint density at radius 3 is 2.59 bits per heavy atom. The van der Waals surface area contributed by atoms with E-state index >= 15 is 0 Å². The van der Waals surface area contributed by atoms with Crippen molar-refractivity contribution in [1.29, 1.82) is 0 Å². The van der Waals surface area contributed by atoms with E-state index in [-0.39, 0.29) is 33.7 Å². The molecule has 1 aromatic rings. The molecule has 0 radical (unpaired) electrons. The van der Waals surface area contributed by atoms with Crippen LogP contribution in [0.25, 0.3) is 0 Å². The van der Waals surface area contributed by atoms with Gasteiger partial charge in [-0.15, -0.1) is 0 Å². The first-order chi connectivity index (χ1) is 16.0. The Hall–Kier alpha value is -1.38. The summed E-state index contributed by atoms with van der Waals surface area (Å²) in [7, 11) is -0.194. The molecule has 3 saturated carbocycles. The average molecular weight is 552 g/mol. The summed E-state index contributed by atoms with van der Waals surface area (Å²) >= 11 is 3.40. The molecular formula is C26H35BrN2O4S.